The van der Waals surface area contributed by atoms with Gasteiger partial charge in [-0.2, -0.15) is 5.10 Å². The van der Waals surface area contributed by atoms with Crippen molar-refractivity contribution in [3.05, 3.63) is 47.5 Å². The van der Waals surface area contributed by atoms with Gasteiger partial charge in [0, 0.05) is 19.5 Å². The Morgan fingerprint density at radius 3 is 2.63 bits per heavy atom. The average molecular weight is 367 g/mol. The van der Waals surface area contributed by atoms with E-state index in [0.717, 1.165) is 63.5 Å². The van der Waals surface area contributed by atoms with Gasteiger partial charge in [-0.15, -0.1) is 0 Å². The number of piperidine rings is 1. The number of carbonyl (C=O) groups excluding carboxylic acids is 1. The molecule has 3 heterocycles. The zero-order valence-corrected chi connectivity index (χ0v) is 16.1. The maximum Gasteiger partial charge on any atom is 0.223 e. The maximum absolute atomic E-state index is 12.9. The third-order valence-electron chi connectivity index (χ3n) is 5.91. The number of aromatic amines is 1. The van der Waals surface area contributed by atoms with Crippen LogP contribution >= 0.6 is 0 Å². The largest absolute Gasteiger partial charge is 0.332 e. The van der Waals surface area contributed by atoms with E-state index in [1.165, 1.54) is 5.56 Å². The zero-order chi connectivity index (χ0) is 18.6. The van der Waals surface area contributed by atoms with Crippen molar-refractivity contribution in [1.82, 2.24) is 25.0 Å². The van der Waals surface area contributed by atoms with Crippen LogP contribution in [0.3, 0.4) is 0 Å². The van der Waals surface area contributed by atoms with Crippen LogP contribution in [0.5, 0.6) is 0 Å². The van der Waals surface area contributed by atoms with E-state index in [1.807, 2.05) is 11.8 Å². The van der Waals surface area contributed by atoms with Crippen molar-refractivity contribution < 1.29 is 4.79 Å². The molecule has 2 fully saturated rings. The molecule has 2 aliphatic heterocycles. The van der Waals surface area contributed by atoms with Crippen LogP contribution in [-0.4, -0.2) is 50.5 Å². The first-order valence-corrected chi connectivity index (χ1v) is 10.1. The summed E-state index contributed by atoms with van der Waals surface area (Å²) >= 11 is 0. The van der Waals surface area contributed by atoms with Crippen LogP contribution < -0.4 is 0 Å². The molecular formula is C21H29N5O. The summed E-state index contributed by atoms with van der Waals surface area (Å²) in [5, 5.41) is 7.20. The molecule has 144 valence electrons. The highest BCUT2D eigenvalue weighted by atomic mass is 16.2. The zero-order valence-electron chi connectivity index (χ0n) is 16.1. The van der Waals surface area contributed by atoms with Crippen molar-refractivity contribution >= 4 is 5.91 Å². The van der Waals surface area contributed by atoms with Crippen molar-refractivity contribution in [3.63, 3.8) is 0 Å². The van der Waals surface area contributed by atoms with Crippen LogP contribution in [0.15, 0.2) is 30.3 Å². The van der Waals surface area contributed by atoms with Crippen LogP contribution in [0.25, 0.3) is 0 Å². The number of aryl methyl sites for hydroxylation is 1. The molecule has 1 aromatic carbocycles. The third-order valence-corrected chi connectivity index (χ3v) is 5.91. The van der Waals surface area contributed by atoms with Gasteiger partial charge in [-0.1, -0.05) is 30.3 Å². The predicted molar refractivity (Wildman–Crippen MR) is 104 cm³/mol. The van der Waals surface area contributed by atoms with E-state index in [1.54, 1.807) is 0 Å². The Kier molecular flexibility index (Phi) is 5.53. The van der Waals surface area contributed by atoms with E-state index in [0.29, 0.717) is 12.3 Å². The topological polar surface area (TPSA) is 65.1 Å². The van der Waals surface area contributed by atoms with Gasteiger partial charge in [0.15, 0.2) is 5.82 Å². The van der Waals surface area contributed by atoms with Crippen LogP contribution in [0.1, 0.15) is 55.4 Å². The number of nitrogens with one attached hydrogen (secondary N) is 1. The van der Waals surface area contributed by atoms with Gasteiger partial charge in [0.1, 0.15) is 5.82 Å². The second-order valence-electron chi connectivity index (χ2n) is 7.93. The molecule has 2 aliphatic rings. The summed E-state index contributed by atoms with van der Waals surface area (Å²) in [7, 11) is 0. The molecule has 0 spiro atoms. The minimum absolute atomic E-state index is 0.0561. The first kappa shape index (κ1) is 18.2. The summed E-state index contributed by atoms with van der Waals surface area (Å²) in [5.41, 5.74) is 1.37. The van der Waals surface area contributed by atoms with Crippen LogP contribution in [0.4, 0.5) is 0 Å². The van der Waals surface area contributed by atoms with E-state index in [4.69, 9.17) is 0 Å². The minimum Gasteiger partial charge on any atom is -0.332 e. The highest BCUT2D eigenvalue weighted by Crippen LogP contribution is 2.32. The van der Waals surface area contributed by atoms with Crippen molar-refractivity contribution in [2.24, 2.45) is 5.92 Å². The van der Waals surface area contributed by atoms with Gasteiger partial charge >= 0.3 is 0 Å². The lowest BCUT2D eigenvalue weighted by molar-refractivity contribution is -0.133. The van der Waals surface area contributed by atoms with E-state index >= 15 is 0 Å². The molecule has 0 radical (unpaired) electrons. The molecule has 1 aromatic heterocycles. The second kappa shape index (κ2) is 8.21. The Labute approximate surface area is 161 Å². The van der Waals surface area contributed by atoms with Crippen molar-refractivity contribution in [2.45, 2.75) is 51.6 Å². The minimum atomic E-state index is 0.0561. The monoisotopic (exact) mass is 367 g/mol. The Hall–Kier alpha value is -2.21. The number of H-pyrrole nitrogens is 1. The predicted octanol–water partition coefficient (Wildman–Crippen LogP) is 3.08. The Balaban J connectivity index is 1.28. The van der Waals surface area contributed by atoms with Gasteiger partial charge in [-0.3, -0.25) is 14.8 Å². The number of rotatable bonds is 5. The molecule has 6 nitrogen and oxygen atoms in total. The number of amides is 1. The number of hydrogen-bond acceptors (Lipinski definition) is 4. The smallest absolute Gasteiger partial charge is 0.223 e. The fourth-order valence-corrected chi connectivity index (χ4v) is 4.40. The summed E-state index contributed by atoms with van der Waals surface area (Å²) in [6.07, 6.45) is 4.89. The molecule has 6 heteroatoms. The normalized spacial score (nSPS) is 21.7. The van der Waals surface area contributed by atoms with Crippen LogP contribution in [-0.2, 0) is 11.3 Å². The lowest BCUT2D eigenvalue weighted by Crippen LogP contribution is -2.37. The number of hydrogen-bond donors (Lipinski definition) is 1. The summed E-state index contributed by atoms with van der Waals surface area (Å²) in [6, 6.07) is 10.7. The third kappa shape index (κ3) is 4.38. The second-order valence-corrected chi connectivity index (χ2v) is 7.93. The Morgan fingerprint density at radius 1 is 1.15 bits per heavy atom. The van der Waals surface area contributed by atoms with E-state index in [2.05, 4.69) is 50.4 Å². The molecule has 0 bridgehead atoms. The molecule has 1 unspecified atom stereocenters. The highest BCUT2D eigenvalue weighted by Gasteiger charge is 2.34. The Morgan fingerprint density at radius 2 is 1.93 bits per heavy atom. The van der Waals surface area contributed by atoms with Crippen molar-refractivity contribution in [3.8, 4) is 0 Å². The van der Waals surface area contributed by atoms with Crippen molar-refractivity contribution in [1.29, 1.82) is 0 Å². The highest BCUT2D eigenvalue weighted by molar-refractivity contribution is 5.77. The van der Waals surface area contributed by atoms with Gasteiger partial charge < -0.3 is 4.90 Å². The summed E-state index contributed by atoms with van der Waals surface area (Å²) in [6.45, 7) is 5.91. The SMILES string of the molecule is Cc1nc(C2CCCN2C(=O)CC2CCN(Cc3ccccc3)CC2)n[nH]1. The van der Waals surface area contributed by atoms with Gasteiger partial charge in [-0.05, 0) is 57.2 Å². The van der Waals surface area contributed by atoms with Gasteiger partial charge in [0.25, 0.3) is 0 Å². The fraction of sp³-hybridized carbons (Fsp3) is 0.571. The van der Waals surface area contributed by atoms with Gasteiger partial charge in [0.05, 0.1) is 6.04 Å². The fourth-order valence-electron chi connectivity index (χ4n) is 4.40. The van der Waals surface area contributed by atoms with Crippen molar-refractivity contribution in [2.75, 3.05) is 19.6 Å². The van der Waals surface area contributed by atoms with E-state index in [-0.39, 0.29) is 11.9 Å². The summed E-state index contributed by atoms with van der Waals surface area (Å²) in [5.74, 6) is 2.37. The molecule has 27 heavy (non-hydrogen) atoms. The van der Waals surface area contributed by atoms with Gasteiger partial charge in [-0.25, -0.2) is 4.98 Å². The first-order chi connectivity index (χ1) is 13.2. The van der Waals surface area contributed by atoms with E-state index in [9.17, 15) is 4.79 Å². The van der Waals surface area contributed by atoms with Crippen LogP contribution in [0.2, 0.25) is 0 Å². The number of likely N-dealkylation sites (tertiary alicyclic amines) is 2. The number of benzene rings is 1. The lowest BCUT2D eigenvalue weighted by Gasteiger charge is -2.33. The lowest BCUT2D eigenvalue weighted by atomic mass is 9.92. The molecule has 1 atom stereocenters. The molecule has 0 saturated carbocycles. The molecule has 2 saturated heterocycles. The first-order valence-electron chi connectivity index (χ1n) is 10.1. The number of carbonyl (C=O) groups is 1. The van der Waals surface area contributed by atoms with Gasteiger partial charge in [0.2, 0.25) is 5.91 Å². The standard InChI is InChI=1S/C21H29N5O/c1-16-22-21(24-23-16)19-8-5-11-26(19)20(27)14-17-9-12-25(13-10-17)15-18-6-3-2-4-7-18/h2-4,6-7,17,19H,5,8-15H2,1H3,(H,22,23,24). The molecule has 1 N–H and O–H groups in total. The molecule has 1 amide bonds. The molecule has 2 aromatic rings. The molecule has 0 aliphatic carbocycles. The van der Waals surface area contributed by atoms with E-state index < -0.39 is 0 Å². The summed E-state index contributed by atoms with van der Waals surface area (Å²) < 4.78 is 0. The Bertz CT molecular complexity index is 751. The average Bonchev–Trinajstić information content (AvgIpc) is 3.33. The number of nitrogens with zero attached hydrogens (tertiary/aromatic N) is 4. The maximum atomic E-state index is 12.9. The number of aromatic nitrogens is 3. The summed E-state index contributed by atoms with van der Waals surface area (Å²) in [4.78, 5) is 21.9. The quantitative estimate of drug-likeness (QED) is 0.882. The van der Waals surface area contributed by atoms with Crippen LogP contribution in [0, 0.1) is 12.8 Å². The molecular weight excluding hydrogens is 338 g/mol. The molecule has 4 rings (SSSR count).